The van der Waals surface area contributed by atoms with Crippen molar-refractivity contribution in [1.29, 1.82) is 0 Å². The lowest BCUT2D eigenvalue weighted by molar-refractivity contribution is 0.138. The van der Waals surface area contributed by atoms with Crippen LogP contribution in [0.2, 0.25) is 0 Å². The predicted molar refractivity (Wildman–Crippen MR) is 102 cm³/mol. The van der Waals surface area contributed by atoms with E-state index in [0.717, 1.165) is 50.6 Å². The summed E-state index contributed by atoms with van der Waals surface area (Å²) < 4.78 is 5.59. The second-order valence-electron chi connectivity index (χ2n) is 6.92. The molecular weight excluding hydrogens is 316 g/mol. The van der Waals surface area contributed by atoms with Gasteiger partial charge in [-0.1, -0.05) is 19.9 Å². The first-order valence-electron chi connectivity index (χ1n) is 9.25. The lowest BCUT2D eigenvalue weighted by atomic mass is 10.1. The Hall–Kier alpha value is -1.79. The number of carbonyl (C=O) groups excluding carboxylic acids is 1. The first-order valence-corrected chi connectivity index (χ1v) is 9.25. The van der Waals surface area contributed by atoms with Crippen LogP contribution in [0.15, 0.2) is 24.3 Å². The minimum Gasteiger partial charge on any atom is -0.494 e. The van der Waals surface area contributed by atoms with Crippen LogP contribution in [0.5, 0.6) is 5.75 Å². The fourth-order valence-corrected chi connectivity index (χ4v) is 2.86. The van der Waals surface area contributed by atoms with E-state index in [2.05, 4.69) is 41.3 Å². The molecule has 1 aromatic carbocycles. The van der Waals surface area contributed by atoms with Gasteiger partial charge in [-0.05, 0) is 31.5 Å². The van der Waals surface area contributed by atoms with Crippen molar-refractivity contribution in [2.75, 3.05) is 58.2 Å². The van der Waals surface area contributed by atoms with E-state index in [1.165, 1.54) is 0 Å². The molecule has 0 aromatic heterocycles. The highest BCUT2D eigenvalue weighted by atomic mass is 16.5. The molecule has 25 heavy (non-hydrogen) atoms. The Morgan fingerprint density at radius 3 is 2.76 bits per heavy atom. The van der Waals surface area contributed by atoms with E-state index in [1.807, 2.05) is 24.3 Å². The molecule has 0 unspecified atom stereocenters. The van der Waals surface area contributed by atoms with Crippen LogP contribution >= 0.6 is 0 Å². The van der Waals surface area contributed by atoms with Gasteiger partial charge in [0.15, 0.2) is 0 Å². The third-order valence-corrected chi connectivity index (χ3v) is 4.34. The number of urea groups is 1. The molecular formula is C19H32N4O2. The van der Waals surface area contributed by atoms with Gasteiger partial charge >= 0.3 is 6.03 Å². The molecule has 1 heterocycles. The van der Waals surface area contributed by atoms with Crippen molar-refractivity contribution in [3.05, 3.63) is 24.3 Å². The smallest absolute Gasteiger partial charge is 0.319 e. The normalized spacial score (nSPS) is 17.1. The van der Waals surface area contributed by atoms with Crippen molar-refractivity contribution >= 4 is 11.7 Å². The van der Waals surface area contributed by atoms with Gasteiger partial charge in [0, 0.05) is 51.0 Å². The van der Waals surface area contributed by atoms with Crippen LogP contribution in [0.3, 0.4) is 0 Å². The van der Waals surface area contributed by atoms with Crippen molar-refractivity contribution in [2.45, 2.75) is 20.3 Å². The van der Waals surface area contributed by atoms with E-state index in [9.17, 15) is 4.79 Å². The summed E-state index contributed by atoms with van der Waals surface area (Å²) in [5.41, 5.74) is 0.748. The Morgan fingerprint density at radius 1 is 1.28 bits per heavy atom. The van der Waals surface area contributed by atoms with Crippen molar-refractivity contribution in [3.63, 3.8) is 0 Å². The lowest BCUT2D eigenvalue weighted by Gasteiger charge is -2.33. The summed E-state index contributed by atoms with van der Waals surface area (Å²) in [5, 5.41) is 5.84. The Balaban J connectivity index is 1.69. The van der Waals surface area contributed by atoms with Gasteiger partial charge in [0.05, 0.1) is 6.61 Å². The van der Waals surface area contributed by atoms with E-state index in [0.29, 0.717) is 19.1 Å². The highest BCUT2D eigenvalue weighted by Crippen LogP contribution is 2.17. The lowest BCUT2D eigenvalue weighted by Crippen LogP contribution is -2.47. The molecule has 1 saturated heterocycles. The van der Waals surface area contributed by atoms with E-state index >= 15 is 0 Å². The number of nitrogens with zero attached hydrogens (tertiary/aromatic N) is 2. The molecule has 1 aliphatic heterocycles. The average Bonchev–Trinajstić information content (AvgIpc) is 2.60. The molecule has 1 aliphatic rings. The number of likely N-dealkylation sites (N-methyl/N-ethyl adjacent to an activating group) is 1. The SMILES string of the molecule is CCCOc1cccc(NC(=O)NC[C@@H](C)CN2CCN(C)CC2)c1. The van der Waals surface area contributed by atoms with Crippen LogP contribution < -0.4 is 15.4 Å². The van der Waals surface area contributed by atoms with Gasteiger partial charge in [-0.3, -0.25) is 0 Å². The molecule has 6 nitrogen and oxygen atoms in total. The molecule has 0 saturated carbocycles. The second-order valence-corrected chi connectivity index (χ2v) is 6.92. The Kier molecular flexibility index (Phi) is 8.01. The van der Waals surface area contributed by atoms with E-state index in [1.54, 1.807) is 0 Å². The summed E-state index contributed by atoms with van der Waals surface area (Å²) in [7, 11) is 2.16. The Morgan fingerprint density at radius 2 is 2.04 bits per heavy atom. The van der Waals surface area contributed by atoms with Crippen LogP contribution in [0.25, 0.3) is 0 Å². The van der Waals surface area contributed by atoms with Crippen LogP contribution in [0.4, 0.5) is 10.5 Å². The monoisotopic (exact) mass is 348 g/mol. The van der Waals surface area contributed by atoms with Gasteiger partial charge < -0.3 is 25.2 Å². The Labute approximate surface area is 151 Å². The van der Waals surface area contributed by atoms with Crippen LogP contribution in [0, 0.1) is 5.92 Å². The summed E-state index contributed by atoms with van der Waals surface area (Å²) in [4.78, 5) is 16.9. The number of amides is 2. The summed E-state index contributed by atoms with van der Waals surface area (Å²) >= 11 is 0. The van der Waals surface area contributed by atoms with Crippen molar-refractivity contribution < 1.29 is 9.53 Å². The van der Waals surface area contributed by atoms with E-state index < -0.39 is 0 Å². The van der Waals surface area contributed by atoms with Crippen LogP contribution in [-0.4, -0.2) is 68.8 Å². The molecule has 2 amide bonds. The largest absolute Gasteiger partial charge is 0.494 e. The number of rotatable bonds is 8. The van der Waals surface area contributed by atoms with E-state index in [-0.39, 0.29) is 6.03 Å². The summed E-state index contributed by atoms with van der Waals surface area (Å²) in [6.45, 7) is 11.1. The molecule has 0 radical (unpaired) electrons. The summed E-state index contributed by atoms with van der Waals surface area (Å²) in [6.07, 6.45) is 0.962. The van der Waals surface area contributed by atoms with Gasteiger partial charge in [0.25, 0.3) is 0 Å². The molecule has 6 heteroatoms. The topological polar surface area (TPSA) is 56.8 Å². The summed E-state index contributed by atoms with van der Waals surface area (Å²) in [6, 6.07) is 7.33. The molecule has 2 N–H and O–H groups in total. The maximum absolute atomic E-state index is 12.1. The molecule has 0 bridgehead atoms. The van der Waals surface area contributed by atoms with Gasteiger partial charge in [0.2, 0.25) is 0 Å². The number of benzene rings is 1. The standard InChI is InChI=1S/C19H32N4O2/c1-4-12-25-18-7-5-6-17(13-18)21-19(24)20-14-16(2)15-23-10-8-22(3)9-11-23/h5-7,13,16H,4,8-12,14-15H2,1-3H3,(H2,20,21,24)/t16-/m1/s1. The van der Waals surface area contributed by atoms with Gasteiger partial charge in [-0.15, -0.1) is 0 Å². The van der Waals surface area contributed by atoms with Gasteiger partial charge in [-0.2, -0.15) is 0 Å². The molecule has 140 valence electrons. The minimum absolute atomic E-state index is 0.169. The Bertz CT molecular complexity index is 530. The first kappa shape index (κ1) is 19.5. The quantitative estimate of drug-likeness (QED) is 0.758. The summed E-state index contributed by atoms with van der Waals surface area (Å²) in [5.74, 6) is 1.21. The first-order chi connectivity index (χ1) is 12.1. The van der Waals surface area contributed by atoms with Crippen LogP contribution in [0.1, 0.15) is 20.3 Å². The third-order valence-electron chi connectivity index (χ3n) is 4.34. The van der Waals surface area contributed by atoms with Crippen LogP contribution in [-0.2, 0) is 0 Å². The van der Waals surface area contributed by atoms with Crippen molar-refractivity contribution in [2.24, 2.45) is 5.92 Å². The average molecular weight is 348 g/mol. The zero-order valence-electron chi connectivity index (χ0n) is 15.8. The maximum Gasteiger partial charge on any atom is 0.319 e. The highest BCUT2D eigenvalue weighted by Gasteiger charge is 2.16. The molecule has 2 rings (SSSR count). The van der Waals surface area contributed by atoms with Crippen molar-refractivity contribution in [3.8, 4) is 5.75 Å². The molecule has 0 spiro atoms. The maximum atomic E-state index is 12.1. The highest BCUT2D eigenvalue weighted by molar-refractivity contribution is 5.89. The zero-order chi connectivity index (χ0) is 18.1. The third kappa shape index (κ3) is 7.32. The molecule has 1 aromatic rings. The number of ether oxygens (including phenoxy) is 1. The van der Waals surface area contributed by atoms with Crippen molar-refractivity contribution in [1.82, 2.24) is 15.1 Å². The number of carbonyl (C=O) groups is 1. The van der Waals surface area contributed by atoms with Gasteiger partial charge in [-0.25, -0.2) is 4.79 Å². The fourth-order valence-electron chi connectivity index (χ4n) is 2.86. The molecule has 0 aliphatic carbocycles. The van der Waals surface area contributed by atoms with Gasteiger partial charge in [0.1, 0.15) is 5.75 Å². The number of nitrogens with one attached hydrogen (secondary N) is 2. The molecule has 1 atom stereocenters. The predicted octanol–water partition coefficient (Wildman–Crippen LogP) is 2.48. The number of hydrogen-bond donors (Lipinski definition) is 2. The zero-order valence-corrected chi connectivity index (χ0v) is 15.8. The van der Waals surface area contributed by atoms with E-state index in [4.69, 9.17) is 4.74 Å². The number of piperazine rings is 1. The number of hydrogen-bond acceptors (Lipinski definition) is 4. The minimum atomic E-state index is -0.169. The number of anilines is 1. The fraction of sp³-hybridized carbons (Fsp3) is 0.632. The molecule has 1 fully saturated rings. The second kappa shape index (κ2) is 10.3.